The number of ether oxygens (including phenoxy) is 1. The van der Waals surface area contributed by atoms with Crippen LogP contribution in [-0.4, -0.2) is 23.7 Å². The van der Waals surface area contributed by atoms with Crippen molar-refractivity contribution in [1.82, 2.24) is 0 Å². The lowest BCUT2D eigenvalue weighted by Crippen LogP contribution is -2.46. The predicted molar refractivity (Wildman–Crippen MR) is 74.7 cm³/mol. The fourth-order valence-corrected chi connectivity index (χ4v) is 2.32. The van der Waals surface area contributed by atoms with Gasteiger partial charge in [0.25, 0.3) is 5.91 Å². The van der Waals surface area contributed by atoms with Gasteiger partial charge >= 0.3 is 0 Å². The van der Waals surface area contributed by atoms with E-state index in [9.17, 15) is 9.90 Å². The molecule has 104 valence electrons. The Morgan fingerprint density at radius 3 is 2.79 bits per heavy atom. The van der Waals surface area contributed by atoms with Gasteiger partial charge in [0.15, 0.2) is 6.10 Å². The Morgan fingerprint density at radius 1 is 1.32 bits per heavy atom. The van der Waals surface area contributed by atoms with Gasteiger partial charge in [0.1, 0.15) is 11.5 Å². The van der Waals surface area contributed by atoms with Crippen molar-refractivity contribution in [1.29, 1.82) is 0 Å². The Kier molecular flexibility index (Phi) is 4.30. The molecule has 0 saturated carbocycles. The fraction of sp³-hybridized carbons (Fsp3) is 0.533. The summed E-state index contributed by atoms with van der Waals surface area (Å²) >= 11 is 0. The summed E-state index contributed by atoms with van der Waals surface area (Å²) in [6, 6.07) is 4.92. The van der Waals surface area contributed by atoms with Crippen LogP contribution in [0.2, 0.25) is 0 Å². The quantitative estimate of drug-likeness (QED) is 0.830. The third kappa shape index (κ3) is 2.83. The minimum Gasteiger partial charge on any atom is -0.508 e. The lowest BCUT2D eigenvalue weighted by molar-refractivity contribution is -0.126. The van der Waals surface area contributed by atoms with Gasteiger partial charge in [0.05, 0.1) is 5.69 Å². The number of hydrogen-bond acceptors (Lipinski definition) is 3. The zero-order valence-electron chi connectivity index (χ0n) is 11.6. The molecule has 2 rings (SSSR count). The maximum Gasteiger partial charge on any atom is 0.268 e. The molecule has 1 heterocycles. The van der Waals surface area contributed by atoms with E-state index >= 15 is 0 Å². The Balaban J connectivity index is 2.27. The molecule has 1 atom stereocenters. The molecular weight excluding hydrogens is 242 g/mol. The highest BCUT2D eigenvalue weighted by Gasteiger charge is 2.33. The van der Waals surface area contributed by atoms with Crippen molar-refractivity contribution >= 4 is 11.6 Å². The third-order valence-electron chi connectivity index (χ3n) is 3.40. The summed E-state index contributed by atoms with van der Waals surface area (Å²) in [4.78, 5) is 14.1. The number of hydrogen-bond donors (Lipinski definition) is 1. The molecule has 1 aliphatic heterocycles. The molecule has 1 aromatic rings. The van der Waals surface area contributed by atoms with E-state index in [0.29, 0.717) is 24.4 Å². The average Bonchev–Trinajstić information content (AvgIpc) is 2.41. The highest BCUT2D eigenvalue weighted by atomic mass is 16.5. The van der Waals surface area contributed by atoms with E-state index in [-0.39, 0.29) is 11.7 Å². The first-order valence-corrected chi connectivity index (χ1v) is 6.98. The monoisotopic (exact) mass is 263 g/mol. The standard InChI is InChI=1S/C15H21NO3/c1-3-5-6-9-16-12-10-11(17)7-8-14(12)19-13(4-2)15(16)18/h7-8,10,13,17H,3-6,9H2,1-2H3. The second-order valence-electron chi connectivity index (χ2n) is 4.86. The maximum atomic E-state index is 12.3. The molecule has 0 spiro atoms. The van der Waals surface area contributed by atoms with Gasteiger partial charge < -0.3 is 14.7 Å². The van der Waals surface area contributed by atoms with Crippen molar-refractivity contribution < 1.29 is 14.6 Å². The molecule has 0 saturated heterocycles. The number of phenolic OH excluding ortho intramolecular Hbond substituents is 1. The van der Waals surface area contributed by atoms with Crippen LogP contribution in [0.3, 0.4) is 0 Å². The number of rotatable bonds is 5. The van der Waals surface area contributed by atoms with Crippen molar-refractivity contribution in [3.63, 3.8) is 0 Å². The normalized spacial score (nSPS) is 18.1. The topological polar surface area (TPSA) is 49.8 Å². The molecule has 1 amide bonds. The second-order valence-corrected chi connectivity index (χ2v) is 4.86. The fourth-order valence-electron chi connectivity index (χ4n) is 2.32. The Hall–Kier alpha value is -1.71. The predicted octanol–water partition coefficient (Wildman–Crippen LogP) is 3.09. The van der Waals surface area contributed by atoms with Gasteiger partial charge in [-0.1, -0.05) is 26.7 Å². The van der Waals surface area contributed by atoms with Crippen molar-refractivity contribution in [3.05, 3.63) is 18.2 Å². The van der Waals surface area contributed by atoms with Crippen molar-refractivity contribution in [3.8, 4) is 11.5 Å². The van der Waals surface area contributed by atoms with Gasteiger partial charge in [-0.2, -0.15) is 0 Å². The molecule has 0 aliphatic carbocycles. The summed E-state index contributed by atoms with van der Waals surface area (Å²) in [5.41, 5.74) is 0.686. The summed E-state index contributed by atoms with van der Waals surface area (Å²) in [7, 11) is 0. The molecule has 1 aromatic carbocycles. The molecule has 19 heavy (non-hydrogen) atoms. The number of carbonyl (C=O) groups excluding carboxylic acids is 1. The van der Waals surface area contributed by atoms with Gasteiger partial charge in [0.2, 0.25) is 0 Å². The summed E-state index contributed by atoms with van der Waals surface area (Å²) < 4.78 is 5.68. The van der Waals surface area contributed by atoms with Crippen LogP contribution in [0.25, 0.3) is 0 Å². The summed E-state index contributed by atoms with van der Waals surface area (Å²) in [5, 5.41) is 9.59. The van der Waals surface area contributed by atoms with Crippen LogP contribution >= 0.6 is 0 Å². The number of anilines is 1. The van der Waals surface area contributed by atoms with E-state index in [2.05, 4.69) is 6.92 Å². The van der Waals surface area contributed by atoms with Crippen LogP contribution in [-0.2, 0) is 4.79 Å². The van der Waals surface area contributed by atoms with Gasteiger partial charge in [-0.05, 0) is 25.0 Å². The number of benzene rings is 1. The molecule has 4 nitrogen and oxygen atoms in total. The number of carbonyl (C=O) groups is 1. The van der Waals surface area contributed by atoms with Crippen LogP contribution in [0, 0.1) is 0 Å². The van der Waals surface area contributed by atoms with Crippen LogP contribution in [0.1, 0.15) is 39.5 Å². The number of amides is 1. The van der Waals surface area contributed by atoms with Crippen LogP contribution in [0.5, 0.6) is 11.5 Å². The molecule has 1 aliphatic rings. The van der Waals surface area contributed by atoms with E-state index < -0.39 is 6.10 Å². The van der Waals surface area contributed by atoms with E-state index in [1.165, 1.54) is 0 Å². The maximum absolute atomic E-state index is 12.3. The van der Waals surface area contributed by atoms with Crippen LogP contribution in [0.4, 0.5) is 5.69 Å². The first-order chi connectivity index (χ1) is 9.17. The first-order valence-electron chi connectivity index (χ1n) is 6.98. The van der Waals surface area contributed by atoms with E-state index in [1.54, 1.807) is 23.1 Å². The van der Waals surface area contributed by atoms with Gasteiger partial charge in [-0.25, -0.2) is 0 Å². The van der Waals surface area contributed by atoms with E-state index in [0.717, 1.165) is 19.3 Å². The lowest BCUT2D eigenvalue weighted by Gasteiger charge is -2.34. The first kappa shape index (κ1) is 13.7. The van der Waals surface area contributed by atoms with Crippen molar-refractivity contribution in [2.45, 2.75) is 45.6 Å². The molecule has 1 N–H and O–H groups in total. The van der Waals surface area contributed by atoms with Crippen LogP contribution in [0.15, 0.2) is 18.2 Å². The number of phenols is 1. The van der Waals surface area contributed by atoms with Gasteiger partial charge in [-0.3, -0.25) is 4.79 Å². The molecular formula is C15H21NO3. The van der Waals surface area contributed by atoms with Gasteiger partial charge in [-0.15, -0.1) is 0 Å². The Morgan fingerprint density at radius 2 is 2.11 bits per heavy atom. The average molecular weight is 263 g/mol. The Bertz CT molecular complexity index is 459. The molecule has 0 radical (unpaired) electrons. The molecule has 0 aromatic heterocycles. The molecule has 1 unspecified atom stereocenters. The summed E-state index contributed by atoms with van der Waals surface area (Å²) in [6.45, 7) is 4.76. The van der Waals surface area contributed by atoms with Crippen molar-refractivity contribution in [2.75, 3.05) is 11.4 Å². The van der Waals surface area contributed by atoms with Crippen molar-refractivity contribution in [2.24, 2.45) is 0 Å². The third-order valence-corrected chi connectivity index (χ3v) is 3.40. The number of nitrogens with zero attached hydrogens (tertiary/aromatic N) is 1. The Labute approximate surface area is 114 Å². The highest BCUT2D eigenvalue weighted by molar-refractivity contribution is 6.00. The second kappa shape index (κ2) is 5.95. The zero-order valence-corrected chi connectivity index (χ0v) is 11.6. The largest absolute Gasteiger partial charge is 0.508 e. The number of fused-ring (bicyclic) bond motifs is 1. The van der Waals surface area contributed by atoms with Crippen LogP contribution < -0.4 is 9.64 Å². The number of unbranched alkanes of at least 4 members (excludes halogenated alkanes) is 2. The molecule has 0 bridgehead atoms. The van der Waals surface area contributed by atoms with Gasteiger partial charge in [0, 0.05) is 12.6 Å². The zero-order chi connectivity index (χ0) is 13.8. The smallest absolute Gasteiger partial charge is 0.268 e. The molecule has 4 heteroatoms. The van der Waals surface area contributed by atoms with E-state index in [4.69, 9.17) is 4.74 Å². The minimum atomic E-state index is -0.404. The SMILES string of the molecule is CCCCCN1C(=O)C(CC)Oc2ccc(O)cc21. The lowest BCUT2D eigenvalue weighted by atomic mass is 10.1. The minimum absolute atomic E-state index is 0.00305. The number of aromatic hydroxyl groups is 1. The summed E-state index contributed by atoms with van der Waals surface area (Å²) in [5.74, 6) is 0.836. The molecule has 0 fully saturated rings. The van der Waals surface area contributed by atoms with E-state index in [1.807, 2.05) is 6.92 Å². The summed E-state index contributed by atoms with van der Waals surface area (Å²) in [6.07, 6.45) is 3.42. The highest BCUT2D eigenvalue weighted by Crippen LogP contribution is 2.37.